The zero-order valence-corrected chi connectivity index (χ0v) is 9.18. The maximum Gasteiger partial charge on any atom is 0.124 e. The maximum absolute atomic E-state index is 12.9. The summed E-state index contributed by atoms with van der Waals surface area (Å²) in [4.78, 5) is 4.69. The molecule has 0 bridgehead atoms. The Bertz CT molecular complexity index is 352. The Morgan fingerprint density at radius 3 is 2.71 bits per heavy atom. The third-order valence-corrected chi connectivity index (χ3v) is 3.37. The van der Waals surface area contributed by atoms with E-state index in [0.717, 1.165) is 22.9 Å². The molecule has 0 amide bonds. The molecule has 1 fully saturated rings. The summed E-state index contributed by atoms with van der Waals surface area (Å²) in [7, 11) is 0. The van der Waals surface area contributed by atoms with Crippen LogP contribution in [0.3, 0.4) is 0 Å². The molecule has 1 aromatic carbocycles. The van der Waals surface area contributed by atoms with Crippen molar-refractivity contribution in [2.45, 2.75) is 18.3 Å². The highest BCUT2D eigenvalue weighted by molar-refractivity contribution is 9.10. The van der Waals surface area contributed by atoms with E-state index < -0.39 is 0 Å². The lowest BCUT2D eigenvalue weighted by Gasteiger charge is -2.15. The lowest BCUT2D eigenvalue weighted by atomic mass is 9.97. The Balaban J connectivity index is 2.32. The van der Waals surface area contributed by atoms with E-state index in [1.54, 1.807) is 6.07 Å². The SMILES string of the molecule is NOCC1(c2ccc(F)cc2Br)CC1. The average molecular weight is 260 g/mol. The smallest absolute Gasteiger partial charge is 0.124 e. The fraction of sp³-hybridized carbons (Fsp3) is 0.400. The maximum atomic E-state index is 12.9. The van der Waals surface area contributed by atoms with Crippen molar-refractivity contribution in [3.8, 4) is 0 Å². The molecular formula is C10H11BrFNO. The standard InChI is InChI=1S/C10H11BrFNO/c11-9-5-7(12)1-2-8(9)10(3-4-10)6-14-13/h1-2,5H,3-4,6,13H2. The van der Waals surface area contributed by atoms with Crippen molar-refractivity contribution in [2.24, 2.45) is 5.90 Å². The second-order valence-electron chi connectivity index (χ2n) is 3.72. The predicted molar refractivity (Wildman–Crippen MR) is 55.2 cm³/mol. The highest BCUT2D eigenvalue weighted by Crippen LogP contribution is 2.50. The first-order valence-electron chi connectivity index (χ1n) is 4.45. The Morgan fingerprint density at radius 1 is 1.50 bits per heavy atom. The minimum Gasteiger partial charge on any atom is -0.304 e. The molecule has 76 valence electrons. The van der Waals surface area contributed by atoms with Crippen LogP contribution in [0, 0.1) is 5.82 Å². The summed E-state index contributed by atoms with van der Waals surface area (Å²) in [5.41, 5.74) is 1.10. The van der Waals surface area contributed by atoms with Crippen LogP contribution in [0.2, 0.25) is 0 Å². The summed E-state index contributed by atoms with van der Waals surface area (Å²) < 4.78 is 13.7. The fourth-order valence-electron chi connectivity index (χ4n) is 1.72. The van der Waals surface area contributed by atoms with Gasteiger partial charge in [-0.05, 0) is 30.5 Å². The van der Waals surface area contributed by atoms with Gasteiger partial charge in [0.2, 0.25) is 0 Å². The van der Waals surface area contributed by atoms with Crippen molar-refractivity contribution >= 4 is 15.9 Å². The van der Waals surface area contributed by atoms with Gasteiger partial charge in [-0.3, -0.25) is 0 Å². The molecule has 0 heterocycles. The molecule has 0 spiro atoms. The van der Waals surface area contributed by atoms with E-state index in [4.69, 9.17) is 10.7 Å². The minimum absolute atomic E-state index is 0.0152. The largest absolute Gasteiger partial charge is 0.304 e. The zero-order valence-electron chi connectivity index (χ0n) is 7.59. The van der Waals surface area contributed by atoms with E-state index in [2.05, 4.69) is 15.9 Å². The molecule has 0 saturated heterocycles. The van der Waals surface area contributed by atoms with Gasteiger partial charge in [-0.1, -0.05) is 22.0 Å². The van der Waals surface area contributed by atoms with Crippen LogP contribution in [0.25, 0.3) is 0 Å². The molecule has 0 aromatic heterocycles. The van der Waals surface area contributed by atoms with E-state index in [-0.39, 0.29) is 11.2 Å². The van der Waals surface area contributed by atoms with Gasteiger partial charge in [0, 0.05) is 9.89 Å². The molecule has 2 N–H and O–H groups in total. The Hall–Kier alpha value is -0.450. The number of halogens is 2. The van der Waals surface area contributed by atoms with Gasteiger partial charge in [-0.2, -0.15) is 0 Å². The van der Waals surface area contributed by atoms with E-state index in [1.807, 2.05) is 0 Å². The summed E-state index contributed by atoms with van der Waals surface area (Å²) in [5.74, 6) is 4.85. The van der Waals surface area contributed by atoms with Crippen LogP contribution in [-0.4, -0.2) is 6.61 Å². The third kappa shape index (κ3) is 1.69. The molecule has 4 heteroatoms. The molecule has 1 saturated carbocycles. The van der Waals surface area contributed by atoms with Crippen LogP contribution in [0.15, 0.2) is 22.7 Å². The monoisotopic (exact) mass is 259 g/mol. The number of benzene rings is 1. The third-order valence-electron chi connectivity index (χ3n) is 2.72. The van der Waals surface area contributed by atoms with Crippen LogP contribution in [0.4, 0.5) is 4.39 Å². The first-order chi connectivity index (χ1) is 6.68. The minimum atomic E-state index is -0.231. The summed E-state index contributed by atoms with van der Waals surface area (Å²) in [6.45, 7) is 0.497. The molecule has 0 unspecified atom stereocenters. The number of rotatable bonds is 3. The van der Waals surface area contributed by atoms with Crippen LogP contribution in [0.1, 0.15) is 18.4 Å². The molecule has 2 rings (SSSR count). The molecule has 1 aliphatic rings. The van der Waals surface area contributed by atoms with Gasteiger partial charge in [0.15, 0.2) is 0 Å². The van der Waals surface area contributed by atoms with Crippen LogP contribution >= 0.6 is 15.9 Å². The summed E-state index contributed by atoms with van der Waals surface area (Å²) >= 11 is 3.36. The van der Waals surface area contributed by atoms with Crippen LogP contribution in [-0.2, 0) is 10.3 Å². The van der Waals surface area contributed by atoms with Crippen molar-refractivity contribution in [3.63, 3.8) is 0 Å². The van der Waals surface area contributed by atoms with Crippen molar-refractivity contribution in [2.75, 3.05) is 6.61 Å². The molecule has 2 nitrogen and oxygen atoms in total. The van der Waals surface area contributed by atoms with E-state index in [0.29, 0.717) is 6.61 Å². The summed E-state index contributed by atoms with van der Waals surface area (Å²) in [6.07, 6.45) is 2.10. The van der Waals surface area contributed by atoms with Crippen molar-refractivity contribution in [3.05, 3.63) is 34.1 Å². The normalized spacial score (nSPS) is 18.2. The van der Waals surface area contributed by atoms with Crippen LogP contribution in [0.5, 0.6) is 0 Å². The predicted octanol–water partition coefficient (Wildman–Crippen LogP) is 2.51. The quantitative estimate of drug-likeness (QED) is 0.847. The highest BCUT2D eigenvalue weighted by atomic mass is 79.9. The van der Waals surface area contributed by atoms with E-state index in [1.165, 1.54) is 12.1 Å². The molecule has 1 aliphatic carbocycles. The second kappa shape index (κ2) is 3.61. The van der Waals surface area contributed by atoms with Crippen molar-refractivity contribution in [1.29, 1.82) is 0 Å². The molecule has 1 aromatic rings. The van der Waals surface area contributed by atoms with Gasteiger partial charge in [-0.15, -0.1) is 0 Å². The number of nitrogens with two attached hydrogens (primary N) is 1. The van der Waals surface area contributed by atoms with E-state index >= 15 is 0 Å². The summed E-state index contributed by atoms with van der Waals surface area (Å²) in [5, 5.41) is 0. The Kier molecular flexibility index (Phi) is 2.60. The van der Waals surface area contributed by atoms with Gasteiger partial charge in [0.05, 0.1) is 6.61 Å². The zero-order chi connectivity index (χ0) is 10.2. The lowest BCUT2D eigenvalue weighted by Crippen LogP contribution is -2.18. The average Bonchev–Trinajstić information content (AvgIpc) is 2.86. The summed E-state index contributed by atoms with van der Waals surface area (Å²) in [6, 6.07) is 4.74. The lowest BCUT2D eigenvalue weighted by molar-refractivity contribution is 0.116. The van der Waals surface area contributed by atoms with Crippen LogP contribution < -0.4 is 5.90 Å². The Morgan fingerprint density at radius 2 is 2.21 bits per heavy atom. The van der Waals surface area contributed by atoms with E-state index in [9.17, 15) is 4.39 Å². The molecule has 14 heavy (non-hydrogen) atoms. The topological polar surface area (TPSA) is 35.2 Å². The fourth-order valence-corrected chi connectivity index (χ4v) is 2.49. The molecule has 0 aliphatic heterocycles. The first-order valence-corrected chi connectivity index (χ1v) is 5.24. The number of hydrogen-bond acceptors (Lipinski definition) is 2. The molecule has 0 radical (unpaired) electrons. The Labute approximate surface area is 90.3 Å². The molecular weight excluding hydrogens is 249 g/mol. The van der Waals surface area contributed by atoms with Gasteiger partial charge >= 0.3 is 0 Å². The number of hydrogen-bond donors (Lipinski definition) is 1. The second-order valence-corrected chi connectivity index (χ2v) is 4.57. The van der Waals surface area contributed by atoms with Crippen molar-refractivity contribution < 1.29 is 9.23 Å². The highest BCUT2D eigenvalue weighted by Gasteiger charge is 2.45. The molecule has 0 atom stereocenters. The van der Waals surface area contributed by atoms with Crippen molar-refractivity contribution in [1.82, 2.24) is 0 Å². The van der Waals surface area contributed by atoms with Gasteiger partial charge in [0.1, 0.15) is 5.82 Å². The van der Waals surface area contributed by atoms with Gasteiger partial charge in [0.25, 0.3) is 0 Å². The van der Waals surface area contributed by atoms with Gasteiger partial charge < -0.3 is 4.84 Å². The van der Waals surface area contributed by atoms with Gasteiger partial charge in [-0.25, -0.2) is 10.3 Å². The first kappa shape index (κ1) is 10.1.